The van der Waals surface area contributed by atoms with Gasteiger partial charge in [-0.3, -0.25) is 19.0 Å². The Labute approximate surface area is 207 Å². The number of nitrogens with zero attached hydrogens (tertiary/aromatic N) is 1. The van der Waals surface area contributed by atoms with Crippen molar-refractivity contribution in [2.75, 3.05) is 26.6 Å². The minimum atomic E-state index is -0.688. The SMILES string of the molecule is COc1cc(NC(=O)c2c3c(cn(-c4ccc(F)cc4)c2=O)C(=O)CC(C)(C)C3)cc(OC)c1OC. The van der Waals surface area contributed by atoms with Crippen LogP contribution in [0.3, 0.4) is 0 Å². The van der Waals surface area contributed by atoms with Gasteiger partial charge in [0.25, 0.3) is 11.5 Å². The fraction of sp³-hybridized carbons (Fsp3) is 0.296. The maximum Gasteiger partial charge on any atom is 0.268 e. The van der Waals surface area contributed by atoms with Crippen LogP contribution in [0.15, 0.2) is 47.4 Å². The summed E-state index contributed by atoms with van der Waals surface area (Å²) >= 11 is 0. The summed E-state index contributed by atoms with van der Waals surface area (Å²) in [6.07, 6.45) is 2.08. The fourth-order valence-electron chi connectivity index (χ4n) is 4.52. The monoisotopic (exact) mass is 494 g/mol. The minimum Gasteiger partial charge on any atom is -0.493 e. The number of carbonyl (C=O) groups is 2. The lowest BCUT2D eigenvalue weighted by Crippen LogP contribution is -2.37. The topological polar surface area (TPSA) is 95.9 Å². The number of rotatable bonds is 6. The number of fused-ring (bicyclic) bond motifs is 1. The van der Waals surface area contributed by atoms with Gasteiger partial charge in [0.2, 0.25) is 5.75 Å². The molecule has 4 rings (SSSR count). The van der Waals surface area contributed by atoms with Crippen LogP contribution in [0.1, 0.15) is 46.5 Å². The van der Waals surface area contributed by atoms with Crippen LogP contribution < -0.4 is 25.1 Å². The summed E-state index contributed by atoms with van der Waals surface area (Å²) in [7, 11) is 4.36. The van der Waals surface area contributed by atoms with Gasteiger partial charge in [-0.05, 0) is 41.7 Å². The highest BCUT2D eigenvalue weighted by Crippen LogP contribution is 2.40. The highest BCUT2D eigenvalue weighted by molar-refractivity contribution is 6.09. The summed E-state index contributed by atoms with van der Waals surface area (Å²) in [6.45, 7) is 3.83. The molecule has 1 amide bonds. The molecule has 0 aliphatic heterocycles. The molecule has 2 aromatic carbocycles. The highest BCUT2D eigenvalue weighted by atomic mass is 19.1. The Kier molecular flexibility index (Phi) is 6.58. The average molecular weight is 495 g/mol. The van der Waals surface area contributed by atoms with Gasteiger partial charge in [-0.2, -0.15) is 0 Å². The van der Waals surface area contributed by atoms with Crippen LogP contribution >= 0.6 is 0 Å². The lowest BCUT2D eigenvalue weighted by atomic mass is 9.73. The van der Waals surface area contributed by atoms with Gasteiger partial charge >= 0.3 is 0 Å². The first-order valence-electron chi connectivity index (χ1n) is 11.3. The lowest BCUT2D eigenvalue weighted by molar-refractivity contribution is 0.0910. The zero-order valence-corrected chi connectivity index (χ0v) is 20.7. The van der Waals surface area contributed by atoms with Crippen molar-refractivity contribution in [3.63, 3.8) is 0 Å². The van der Waals surface area contributed by atoms with E-state index in [4.69, 9.17) is 14.2 Å². The Balaban J connectivity index is 1.88. The number of pyridine rings is 1. The van der Waals surface area contributed by atoms with Gasteiger partial charge in [0, 0.05) is 41.7 Å². The van der Waals surface area contributed by atoms with Crippen LogP contribution in [0, 0.1) is 11.2 Å². The predicted octanol–water partition coefficient (Wildman–Crippen LogP) is 4.41. The van der Waals surface area contributed by atoms with Crippen molar-refractivity contribution in [2.45, 2.75) is 26.7 Å². The molecule has 0 unspecified atom stereocenters. The van der Waals surface area contributed by atoms with E-state index in [-0.39, 0.29) is 17.8 Å². The van der Waals surface area contributed by atoms with Crippen LogP contribution in [0.2, 0.25) is 0 Å². The smallest absolute Gasteiger partial charge is 0.268 e. The number of aromatic nitrogens is 1. The largest absolute Gasteiger partial charge is 0.493 e. The fourth-order valence-corrected chi connectivity index (χ4v) is 4.52. The molecule has 1 N–H and O–H groups in total. The van der Waals surface area contributed by atoms with E-state index in [9.17, 15) is 18.8 Å². The number of nitrogens with one attached hydrogen (secondary N) is 1. The second kappa shape index (κ2) is 9.49. The summed E-state index contributed by atoms with van der Waals surface area (Å²) in [4.78, 5) is 40.3. The Hall–Kier alpha value is -4.14. The average Bonchev–Trinajstić information content (AvgIpc) is 2.83. The molecule has 0 fully saturated rings. The molecule has 8 nitrogen and oxygen atoms in total. The van der Waals surface area contributed by atoms with Gasteiger partial charge in [0.1, 0.15) is 11.4 Å². The molecule has 9 heteroatoms. The van der Waals surface area contributed by atoms with E-state index in [1.165, 1.54) is 56.4 Å². The third-order valence-electron chi connectivity index (χ3n) is 6.17. The maximum absolute atomic E-state index is 13.6. The molecule has 188 valence electrons. The zero-order valence-electron chi connectivity index (χ0n) is 20.7. The van der Waals surface area contributed by atoms with E-state index in [2.05, 4.69) is 5.32 Å². The van der Waals surface area contributed by atoms with Crippen LogP contribution in [0.4, 0.5) is 10.1 Å². The quantitative estimate of drug-likeness (QED) is 0.546. The zero-order chi connectivity index (χ0) is 26.2. The van der Waals surface area contributed by atoms with E-state index in [0.717, 1.165) is 0 Å². The predicted molar refractivity (Wildman–Crippen MR) is 132 cm³/mol. The molecule has 1 aliphatic carbocycles. The van der Waals surface area contributed by atoms with E-state index in [1.807, 2.05) is 13.8 Å². The van der Waals surface area contributed by atoms with Crippen LogP contribution in [-0.4, -0.2) is 37.6 Å². The number of amides is 1. The molecule has 0 bridgehead atoms. The van der Waals surface area contributed by atoms with Crippen molar-refractivity contribution in [1.82, 2.24) is 4.57 Å². The Morgan fingerprint density at radius 2 is 1.58 bits per heavy atom. The summed E-state index contributed by atoms with van der Waals surface area (Å²) in [5.41, 5.74) is 0.144. The molecule has 3 aromatic rings. The van der Waals surface area contributed by atoms with Gasteiger partial charge in [0.05, 0.1) is 21.3 Å². The molecule has 0 spiro atoms. The number of methoxy groups -OCH3 is 3. The van der Waals surface area contributed by atoms with Gasteiger partial charge in [-0.1, -0.05) is 13.8 Å². The number of ether oxygens (including phenoxy) is 3. The van der Waals surface area contributed by atoms with E-state index >= 15 is 0 Å². The van der Waals surface area contributed by atoms with Gasteiger partial charge < -0.3 is 19.5 Å². The standard InChI is InChI=1S/C27H27FN2O6/c1-27(2)12-18-19(20(31)13-27)14-30(17-8-6-15(28)7-9-17)26(33)23(18)25(32)29-16-10-21(34-3)24(36-5)22(11-16)35-4/h6-11,14H,12-13H2,1-5H3,(H,29,32). The number of ketones is 1. The normalized spacial score (nSPS) is 14.1. The third-order valence-corrected chi connectivity index (χ3v) is 6.17. The van der Waals surface area contributed by atoms with Crippen LogP contribution in [0.5, 0.6) is 17.2 Å². The second-order valence-corrected chi connectivity index (χ2v) is 9.36. The van der Waals surface area contributed by atoms with Gasteiger partial charge in [0.15, 0.2) is 17.3 Å². The summed E-state index contributed by atoms with van der Waals surface area (Å²) in [5, 5.41) is 2.74. The van der Waals surface area contributed by atoms with Crippen LogP contribution in [0.25, 0.3) is 5.69 Å². The number of carbonyl (C=O) groups excluding carboxylic acids is 2. The number of halogens is 1. The van der Waals surface area contributed by atoms with E-state index < -0.39 is 22.7 Å². The van der Waals surface area contributed by atoms with Crippen molar-refractivity contribution in [3.8, 4) is 22.9 Å². The third kappa shape index (κ3) is 4.56. The molecule has 1 heterocycles. The first-order valence-corrected chi connectivity index (χ1v) is 11.3. The first-order chi connectivity index (χ1) is 17.1. The molecule has 0 radical (unpaired) electrons. The molecule has 0 saturated heterocycles. The molecule has 1 aliphatic rings. The number of hydrogen-bond donors (Lipinski definition) is 1. The number of benzene rings is 2. The van der Waals surface area contributed by atoms with Crippen molar-refractivity contribution >= 4 is 17.4 Å². The number of Topliss-reactive ketones (excluding diaryl/α,β-unsaturated/α-hetero) is 1. The van der Waals surface area contributed by atoms with E-state index in [1.54, 1.807) is 12.1 Å². The lowest BCUT2D eigenvalue weighted by Gasteiger charge is -2.31. The first kappa shape index (κ1) is 25.0. The van der Waals surface area contributed by atoms with Gasteiger partial charge in [-0.25, -0.2) is 4.39 Å². The van der Waals surface area contributed by atoms with Crippen LogP contribution in [-0.2, 0) is 6.42 Å². The molecule has 36 heavy (non-hydrogen) atoms. The number of hydrogen-bond acceptors (Lipinski definition) is 6. The summed E-state index contributed by atoms with van der Waals surface area (Å²) < 4.78 is 30.8. The number of anilines is 1. The molecular weight excluding hydrogens is 467 g/mol. The van der Waals surface area contributed by atoms with Crippen molar-refractivity contribution < 1.29 is 28.2 Å². The summed E-state index contributed by atoms with van der Waals surface area (Å²) in [6, 6.07) is 8.34. The maximum atomic E-state index is 13.6. The second-order valence-electron chi connectivity index (χ2n) is 9.36. The Morgan fingerprint density at radius 3 is 2.14 bits per heavy atom. The highest BCUT2D eigenvalue weighted by Gasteiger charge is 2.36. The van der Waals surface area contributed by atoms with E-state index in [0.29, 0.717) is 46.2 Å². The summed E-state index contributed by atoms with van der Waals surface area (Å²) in [5.74, 6) is -0.333. The molecule has 0 atom stereocenters. The molecule has 0 saturated carbocycles. The molecular formula is C27H27FN2O6. The van der Waals surface area contributed by atoms with Gasteiger partial charge in [-0.15, -0.1) is 0 Å². The van der Waals surface area contributed by atoms with Crippen molar-refractivity contribution in [3.05, 3.63) is 75.5 Å². The van der Waals surface area contributed by atoms with Crippen molar-refractivity contribution in [1.29, 1.82) is 0 Å². The Bertz CT molecular complexity index is 1380. The molecule has 1 aromatic heterocycles. The minimum absolute atomic E-state index is 0.147. The Morgan fingerprint density at radius 1 is 0.972 bits per heavy atom. The van der Waals surface area contributed by atoms with Crippen molar-refractivity contribution in [2.24, 2.45) is 5.41 Å².